The first-order chi connectivity index (χ1) is 5.90. The Morgan fingerprint density at radius 1 is 1.58 bits per heavy atom. The molecule has 0 saturated heterocycles. The number of nitrogens with one attached hydrogen (secondary N) is 1. The second-order valence-corrected chi connectivity index (χ2v) is 3.25. The molecule has 4 heteroatoms. The highest BCUT2D eigenvalue weighted by Gasteiger charge is 2.02. The zero-order valence-corrected chi connectivity index (χ0v) is 6.97. The van der Waals surface area contributed by atoms with Crippen molar-refractivity contribution in [2.24, 2.45) is 0 Å². The minimum absolute atomic E-state index is 0.512. The Bertz CT molecular complexity index is 377. The predicted octanol–water partition coefficient (Wildman–Crippen LogP) is 1.95. The summed E-state index contributed by atoms with van der Waals surface area (Å²) in [5.74, 6) is 0. The largest absolute Gasteiger partial charge is 0.296 e. The Hall–Kier alpha value is -1.42. The summed E-state index contributed by atoms with van der Waals surface area (Å²) in [4.78, 5) is 11.4. The third-order valence-electron chi connectivity index (χ3n) is 1.50. The van der Waals surface area contributed by atoms with E-state index in [1.807, 2.05) is 17.5 Å². The van der Waals surface area contributed by atoms with Gasteiger partial charge in [-0.25, -0.2) is 0 Å². The van der Waals surface area contributed by atoms with Gasteiger partial charge in [0.05, 0.1) is 10.6 Å². The predicted molar refractivity (Wildman–Crippen MR) is 47.3 cm³/mol. The summed E-state index contributed by atoms with van der Waals surface area (Å²) < 4.78 is 0. The maximum atomic E-state index is 10.3. The fraction of sp³-hybridized carbons (Fsp3) is 0. The Balaban J connectivity index is 2.41. The van der Waals surface area contributed by atoms with E-state index in [9.17, 15) is 4.79 Å². The summed E-state index contributed by atoms with van der Waals surface area (Å²) in [5, 5.41) is 8.59. The van der Waals surface area contributed by atoms with Crippen molar-refractivity contribution in [1.29, 1.82) is 0 Å². The van der Waals surface area contributed by atoms with Crippen LogP contribution in [0.25, 0.3) is 10.6 Å². The highest BCUT2D eigenvalue weighted by atomic mass is 32.1. The number of aromatic nitrogens is 2. The molecule has 0 saturated carbocycles. The van der Waals surface area contributed by atoms with Crippen molar-refractivity contribution in [3.63, 3.8) is 0 Å². The molecular formula is C8H6N2OS. The average Bonchev–Trinajstić information content (AvgIpc) is 2.75. The first-order valence-corrected chi connectivity index (χ1v) is 4.32. The van der Waals surface area contributed by atoms with E-state index in [4.69, 9.17) is 0 Å². The minimum atomic E-state index is 0.512. The summed E-state index contributed by atoms with van der Waals surface area (Å²) in [6.07, 6.45) is 0.754. The first kappa shape index (κ1) is 7.24. The lowest BCUT2D eigenvalue weighted by Crippen LogP contribution is -1.75. The van der Waals surface area contributed by atoms with Gasteiger partial charge in [0, 0.05) is 0 Å². The van der Waals surface area contributed by atoms with Gasteiger partial charge in [-0.3, -0.25) is 9.89 Å². The zero-order chi connectivity index (χ0) is 8.39. The van der Waals surface area contributed by atoms with Crippen LogP contribution in [-0.4, -0.2) is 16.5 Å². The molecule has 12 heavy (non-hydrogen) atoms. The molecule has 0 aliphatic rings. The Morgan fingerprint density at radius 3 is 3.08 bits per heavy atom. The van der Waals surface area contributed by atoms with Crippen molar-refractivity contribution in [2.75, 3.05) is 0 Å². The van der Waals surface area contributed by atoms with Crippen LogP contribution in [0.1, 0.15) is 10.5 Å². The van der Waals surface area contributed by atoms with Gasteiger partial charge in [-0.05, 0) is 17.5 Å². The number of H-pyrrole nitrogens is 1. The Kier molecular flexibility index (Phi) is 1.75. The van der Waals surface area contributed by atoms with E-state index < -0.39 is 0 Å². The number of thiophene rings is 1. The normalized spacial score (nSPS) is 10.0. The molecule has 2 aromatic rings. The fourth-order valence-corrected chi connectivity index (χ4v) is 1.63. The second-order valence-electron chi connectivity index (χ2n) is 2.30. The fourth-order valence-electron chi connectivity index (χ4n) is 0.948. The number of carbonyl (C=O) groups is 1. The van der Waals surface area contributed by atoms with E-state index in [-0.39, 0.29) is 0 Å². The maximum absolute atomic E-state index is 10.3. The van der Waals surface area contributed by atoms with Crippen molar-refractivity contribution in [3.8, 4) is 10.6 Å². The van der Waals surface area contributed by atoms with Crippen molar-refractivity contribution in [1.82, 2.24) is 10.2 Å². The number of rotatable bonds is 2. The first-order valence-electron chi connectivity index (χ1n) is 3.44. The smallest absolute Gasteiger partial charge is 0.167 e. The molecule has 60 valence electrons. The molecule has 0 bridgehead atoms. The maximum Gasteiger partial charge on any atom is 0.167 e. The number of aldehydes is 1. The van der Waals surface area contributed by atoms with E-state index in [2.05, 4.69) is 10.2 Å². The summed E-state index contributed by atoms with van der Waals surface area (Å²) in [7, 11) is 0. The van der Waals surface area contributed by atoms with Gasteiger partial charge in [0.2, 0.25) is 0 Å². The van der Waals surface area contributed by atoms with Crippen molar-refractivity contribution >= 4 is 17.6 Å². The van der Waals surface area contributed by atoms with Crippen LogP contribution in [0.4, 0.5) is 0 Å². The van der Waals surface area contributed by atoms with E-state index in [0.717, 1.165) is 16.9 Å². The summed E-state index contributed by atoms with van der Waals surface area (Å²) in [6.45, 7) is 0. The van der Waals surface area contributed by atoms with Crippen LogP contribution in [0.5, 0.6) is 0 Å². The third kappa shape index (κ3) is 1.16. The molecule has 0 aliphatic carbocycles. The van der Waals surface area contributed by atoms with Crippen LogP contribution < -0.4 is 0 Å². The third-order valence-corrected chi connectivity index (χ3v) is 2.39. The van der Waals surface area contributed by atoms with E-state index >= 15 is 0 Å². The molecular weight excluding hydrogens is 172 g/mol. The van der Waals surface area contributed by atoms with Gasteiger partial charge in [0.1, 0.15) is 5.69 Å². The number of aromatic amines is 1. The highest BCUT2D eigenvalue weighted by Crippen LogP contribution is 2.22. The standard InChI is InChI=1S/C8H6N2OS/c11-5-6-4-7(10-9-6)8-2-1-3-12-8/h1-5H,(H,9,10). The molecule has 0 aromatic carbocycles. The molecule has 2 rings (SSSR count). The average molecular weight is 178 g/mol. The molecule has 2 aromatic heterocycles. The van der Waals surface area contributed by atoms with Crippen molar-refractivity contribution < 1.29 is 4.79 Å². The molecule has 0 unspecified atom stereocenters. The molecule has 0 radical (unpaired) electrons. The monoisotopic (exact) mass is 178 g/mol. The lowest BCUT2D eigenvalue weighted by atomic mass is 10.3. The molecule has 0 aliphatic heterocycles. The number of hydrogen-bond donors (Lipinski definition) is 1. The molecule has 0 amide bonds. The van der Waals surface area contributed by atoms with Gasteiger partial charge in [-0.1, -0.05) is 6.07 Å². The SMILES string of the molecule is O=Cc1cc(-c2cccs2)n[nH]1. The Labute approximate surface area is 73.1 Å². The van der Waals surface area contributed by atoms with Crippen LogP contribution in [0, 0.1) is 0 Å². The van der Waals surface area contributed by atoms with Gasteiger partial charge >= 0.3 is 0 Å². The van der Waals surface area contributed by atoms with Crippen LogP contribution >= 0.6 is 11.3 Å². The van der Waals surface area contributed by atoms with Crippen molar-refractivity contribution in [2.45, 2.75) is 0 Å². The molecule has 1 N–H and O–H groups in total. The summed E-state index contributed by atoms with van der Waals surface area (Å²) in [6, 6.07) is 5.66. The molecule has 0 spiro atoms. The van der Waals surface area contributed by atoms with Gasteiger partial charge in [-0.15, -0.1) is 11.3 Å². The minimum Gasteiger partial charge on any atom is -0.296 e. The molecule has 0 fully saturated rings. The second kappa shape index (κ2) is 2.91. The van der Waals surface area contributed by atoms with E-state index in [1.54, 1.807) is 17.4 Å². The van der Waals surface area contributed by atoms with Crippen LogP contribution in [0.3, 0.4) is 0 Å². The summed E-state index contributed by atoms with van der Waals surface area (Å²) in [5.41, 5.74) is 1.34. The zero-order valence-electron chi connectivity index (χ0n) is 6.15. The summed E-state index contributed by atoms with van der Waals surface area (Å²) >= 11 is 1.60. The topological polar surface area (TPSA) is 45.8 Å². The lowest BCUT2D eigenvalue weighted by Gasteiger charge is -1.83. The highest BCUT2D eigenvalue weighted by molar-refractivity contribution is 7.13. The van der Waals surface area contributed by atoms with Crippen molar-refractivity contribution in [3.05, 3.63) is 29.3 Å². The van der Waals surface area contributed by atoms with E-state index in [0.29, 0.717) is 5.69 Å². The quantitative estimate of drug-likeness (QED) is 0.714. The Morgan fingerprint density at radius 2 is 2.50 bits per heavy atom. The molecule has 3 nitrogen and oxygen atoms in total. The van der Waals surface area contributed by atoms with Gasteiger partial charge in [0.15, 0.2) is 6.29 Å². The van der Waals surface area contributed by atoms with Gasteiger partial charge in [0.25, 0.3) is 0 Å². The number of hydrogen-bond acceptors (Lipinski definition) is 3. The molecule has 2 heterocycles. The lowest BCUT2D eigenvalue weighted by molar-refractivity contribution is 0.111. The van der Waals surface area contributed by atoms with E-state index in [1.165, 1.54) is 0 Å². The van der Waals surface area contributed by atoms with Gasteiger partial charge < -0.3 is 0 Å². The number of carbonyl (C=O) groups excluding carboxylic acids is 1. The van der Waals surface area contributed by atoms with Crippen LogP contribution in [0.15, 0.2) is 23.6 Å². The van der Waals surface area contributed by atoms with Crippen LogP contribution in [0.2, 0.25) is 0 Å². The molecule has 0 atom stereocenters. The van der Waals surface area contributed by atoms with Gasteiger partial charge in [-0.2, -0.15) is 5.10 Å². The van der Waals surface area contributed by atoms with Crippen LogP contribution in [-0.2, 0) is 0 Å². The number of nitrogens with zero attached hydrogens (tertiary/aromatic N) is 1.